The highest BCUT2D eigenvalue weighted by atomic mass is 32.2. The summed E-state index contributed by atoms with van der Waals surface area (Å²) >= 11 is 0. The van der Waals surface area contributed by atoms with Crippen LogP contribution >= 0.6 is 0 Å². The van der Waals surface area contributed by atoms with Crippen LogP contribution in [-0.4, -0.2) is 31.7 Å². The number of rotatable bonds is 8. The van der Waals surface area contributed by atoms with Crippen molar-refractivity contribution in [3.05, 3.63) is 34.4 Å². The average Bonchev–Trinajstić information content (AvgIpc) is 2.43. The van der Waals surface area contributed by atoms with E-state index in [4.69, 9.17) is 0 Å². The first kappa shape index (κ1) is 17.6. The van der Waals surface area contributed by atoms with Crippen LogP contribution in [0.15, 0.2) is 29.2 Å². The molecule has 118 valence electrons. The molecule has 0 heterocycles. The SMILES string of the molecule is CCCNC(CS(=O)(=O)c1ccc([N+](=O)[O-])cc1)C(C)C. The molecule has 0 fully saturated rings. The van der Waals surface area contributed by atoms with Crippen LogP contribution in [0.1, 0.15) is 27.2 Å². The Bertz CT molecular complexity index is 567. The first-order chi connectivity index (χ1) is 9.77. The lowest BCUT2D eigenvalue weighted by molar-refractivity contribution is -0.384. The van der Waals surface area contributed by atoms with E-state index >= 15 is 0 Å². The number of benzene rings is 1. The van der Waals surface area contributed by atoms with Gasteiger partial charge in [0.1, 0.15) is 0 Å². The average molecular weight is 314 g/mol. The van der Waals surface area contributed by atoms with Crippen LogP contribution in [0.5, 0.6) is 0 Å². The second kappa shape index (κ2) is 7.51. The van der Waals surface area contributed by atoms with Crippen molar-refractivity contribution in [2.45, 2.75) is 38.1 Å². The Kier molecular flexibility index (Phi) is 6.29. The molecular formula is C14H22N2O4S. The molecule has 1 rings (SSSR count). The van der Waals surface area contributed by atoms with Gasteiger partial charge >= 0.3 is 0 Å². The molecule has 0 spiro atoms. The highest BCUT2D eigenvalue weighted by molar-refractivity contribution is 7.91. The predicted molar refractivity (Wildman–Crippen MR) is 82.1 cm³/mol. The zero-order chi connectivity index (χ0) is 16.0. The summed E-state index contributed by atoms with van der Waals surface area (Å²) in [6, 6.07) is 4.90. The van der Waals surface area contributed by atoms with Crippen molar-refractivity contribution in [1.29, 1.82) is 0 Å². The molecule has 6 nitrogen and oxygen atoms in total. The number of non-ortho nitro benzene ring substituents is 1. The lowest BCUT2D eigenvalue weighted by Crippen LogP contribution is -2.40. The summed E-state index contributed by atoms with van der Waals surface area (Å²) in [6.45, 7) is 6.73. The summed E-state index contributed by atoms with van der Waals surface area (Å²) in [6.07, 6.45) is 0.931. The monoisotopic (exact) mass is 314 g/mol. The maximum atomic E-state index is 12.4. The van der Waals surface area contributed by atoms with Gasteiger partial charge in [-0.25, -0.2) is 8.42 Å². The third kappa shape index (κ3) is 5.09. The second-order valence-electron chi connectivity index (χ2n) is 5.34. The van der Waals surface area contributed by atoms with E-state index in [2.05, 4.69) is 5.32 Å². The minimum Gasteiger partial charge on any atom is -0.313 e. The zero-order valence-corrected chi connectivity index (χ0v) is 13.4. The molecule has 0 amide bonds. The van der Waals surface area contributed by atoms with E-state index in [1.54, 1.807) is 0 Å². The Morgan fingerprint density at radius 3 is 2.24 bits per heavy atom. The van der Waals surface area contributed by atoms with Gasteiger partial charge in [0.05, 0.1) is 15.6 Å². The largest absolute Gasteiger partial charge is 0.313 e. The number of nitro benzene ring substituents is 1. The first-order valence-corrected chi connectivity index (χ1v) is 8.63. The van der Waals surface area contributed by atoms with E-state index in [9.17, 15) is 18.5 Å². The normalized spacial score (nSPS) is 13.3. The van der Waals surface area contributed by atoms with Crippen LogP contribution in [-0.2, 0) is 9.84 Å². The molecule has 1 N–H and O–H groups in total. The minimum atomic E-state index is -3.46. The van der Waals surface area contributed by atoms with E-state index < -0.39 is 14.8 Å². The fraction of sp³-hybridized carbons (Fsp3) is 0.571. The zero-order valence-electron chi connectivity index (χ0n) is 12.6. The predicted octanol–water partition coefficient (Wildman–Crippen LogP) is 2.39. The Balaban J connectivity index is 2.90. The van der Waals surface area contributed by atoms with Crippen molar-refractivity contribution < 1.29 is 13.3 Å². The molecule has 1 atom stereocenters. The van der Waals surface area contributed by atoms with Crippen molar-refractivity contribution in [3.63, 3.8) is 0 Å². The van der Waals surface area contributed by atoms with Gasteiger partial charge in [0, 0.05) is 18.2 Å². The van der Waals surface area contributed by atoms with Crippen molar-refractivity contribution in [2.24, 2.45) is 5.92 Å². The van der Waals surface area contributed by atoms with Crippen LogP contribution in [0.25, 0.3) is 0 Å². The smallest absolute Gasteiger partial charge is 0.269 e. The van der Waals surface area contributed by atoms with Crippen LogP contribution < -0.4 is 5.32 Å². The van der Waals surface area contributed by atoms with Gasteiger partial charge in [-0.3, -0.25) is 10.1 Å². The summed E-state index contributed by atoms with van der Waals surface area (Å²) in [5.74, 6) is 0.173. The number of hydrogen-bond acceptors (Lipinski definition) is 5. The Morgan fingerprint density at radius 1 is 1.24 bits per heavy atom. The van der Waals surface area contributed by atoms with Gasteiger partial charge in [0.25, 0.3) is 5.69 Å². The van der Waals surface area contributed by atoms with Crippen molar-refractivity contribution in [1.82, 2.24) is 5.32 Å². The molecule has 1 aromatic carbocycles. The number of sulfone groups is 1. The lowest BCUT2D eigenvalue weighted by Gasteiger charge is -2.22. The molecule has 0 radical (unpaired) electrons. The third-order valence-corrected chi connectivity index (χ3v) is 5.06. The lowest BCUT2D eigenvalue weighted by atomic mass is 10.1. The highest BCUT2D eigenvalue weighted by Gasteiger charge is 2.23. The quantitative estimate of drug-likeness (QED) is 0.588. The van der Waals surface area contributed by atoms with Gasteiger partial charge in [-0.2, -0.15) is 0 Å². The molecule has 0 bridgehead atoms. The van der Waals surface area contributed by atoms with Gasteiger partial charge in [-0.1, -0.05) is 20.8 Å². The van der Waals surface area contributed by atoms with E-state index in [0.29, 0.717) is 0 Å². The maximum absolute atomic E-state index is 12.4. The van der Waals surface area contributed by atoms with Gasteiger partial charge in [0.2, 0.25) is 0 Å². The molecule has 1 aromatic rings. The fourth-order valence-corrected chi connectivity index (χ4v) is 3.64. The van der Waals surface area contributed by atoms with Crippen molar-refractivity contribution in [3.8, 4) is 0 Å². The van der Waals surface area contributed by atoms with Gasteiger partial charge in [0.15, 0.2) is 9.84 Å². The Hall–Kier alpha value is -1.47. The number of nitro groups is 1. The van der Waals surface area contributed by atoms with E-state index in [1.807, 2.05) is 20.8 Å². The number of nitrogens with zero attached hydrogens (tertiary/aromatic N) is 1. The van der Waals surface area contributed by atoms with Crippen molar-refractivity contribution >= 4 is 15.5 Å². The Morgan fingerprint density at radius 2 is 1.81 bits per heavy atom. The maximum Gasteiger partial charge on any atom is 0.269 e. The van der Waals surface area contributed by atoms with Gasteiger partial charge in [-0.05, 0) is 31.0 Å². The molecule has 0 saturated heterocycles. The first-order valence-electron chi connectivity index (χ1n) is 6.98. The summed E-state index contributed by atoms with van der Waals surface area (Å²) in [4.78, 5) is 10.2. The van der Waals surface area contributed by atoms with Crippen LogP contribution in [0.2, 0.25) is 0 Å². The second-order valence-corrected chi connectivity index (χ2v) is 7.37. The molecule has 0 aliphatic heterocycles. The van der Waals surface area contributed by atoms with Crippen LogP contribution in [0.4, 0.5) is 5.69 Å². The van der Waals surface area contributed by atoms with Crippen LogP contribution in [0.3, 0.4) is 0 Å². The molecule has 7 heteroatoms. The molecule has 21 heavy (non-hydrogen) atoms. The fourth-order valence-electron chi connectivity index (χ4n) is 1.92. The third-order valence-electron chi connectivity index (χ3n) is 3.27. The minimum absolute atomic E-state index is 0.0114. The van der Waals surface area contributed by atoms with Gasteiger partial charge < -0.3 is 5.32 Å². The topological polar surface area (TPSA) is 89.3 Å². The summed E-state index contributed by atoms with van der Waals surface area (Å²) in [5.41, 5.74) is -0.113. The molecule has 1 unspecified atom stereocenters. The highest BCUT2D eigenvalue weighted by Crippen LogP contribution is 2.19. The molecule has 0 aromatic heterocycles. The van der Waals surface area contributed by atoms with Crippen LogP contribution in [0, 0.1) is 16.0 Å². The molecule has 0 saturated carbocycles. The molecular weight excluding hydrogens is 292 g/mol. The van der Waals surface area contributed by atoms with E-state index in [1.165, 1.54) is 24.3 Å². The molecule has 0 aliphatic carbocycles. The number of hydrogen-bond donors (Lipinski definition) is 1. The summed E-state index contributed by atoms with van der Waals surface area (Å²) in [7, 11) is -3.46. The summed E-state index contributed by atoms with van der Waals surface area (Å²) in [5, 5.41) is 13.8. The van der Waals surface area contributed by atoms with Gasteiger partial charge in [-0.15, -0.1) is 0 Å². The standard InChI is InChI=1S/C14H22N2O4S/c1-4-9-15-14(11(2)3)10-21(19,20)13-7-5-12(6-8-13)16(17)18/h5-8,11,14-15H,4,9-10H2,1-3H3. The Labute approximate surface area is 125 Å². The summed E-state index contributed by atoms with van der Waals surface area (Å²) < 4.78 is 24.8. The molecule has 0 aliphatic rings. The van der Waals surface area contributed by atoms with E-state index in [-0.39, 0.29) is 28.3 Å². The van der Waals surface area contributed by atoms with E-state index in [0.717, 1.165) is 13.0 Å². The number of nitrogens with one attached hydrogen (secondary N) is 1. The van der Waals surface area contributed by atoms with Crippen molar-refractivity contribution in [2.75, 3.05) is 12.3 Å².